The van der Waals surface area contributed by atoms with Crippen LogP contribution in [0.25, 0.3) is 22.0 Å². The van der Waals surface area contributed by atoms with E-state index >= 15 is 0 Å². The average Bonchev–Trinajstić information content (AvgIpc) is 2.88. The topological polar surface area (TPSA) is 86.2 Å². The number of phenols is 1. The number of benzene rings is 2. The predicted octanol–water partition coefficient (Wildman–Crippen LogP) is 3.40. The Balaban J connectivity index is 2.28. The summed E-state index contributed by atoms with van der Waals surface area (Å²) in [7, 11) is 0. The fourth-order valence-electron chi connectivity index (χ4n) is 2.12. The zero-order valence-electron chi connectivity index (χ0n) is 10.1. The van der Waals surface area contributed by atoms with Gasteiger partial charge in [0.15, 0.2) is 0 Å². The van der Waals surface area contributed by atoms with Gasteiger partial charge in [0.05, 0.1) is 11.3 Å². The monoisotopic (exact) mass is 332 g/mol. The second kappa shape index (κ2) is 4.64. The van der Waals surface area contributed by atoms with Crippen molar-refractivity contribution < 1.29 is 15.0 Å². The van der Waals surface area contributed by atoms with Crippen molar-refractivity contribution in [3.05, 3.63) is 46.6 Å². The Labute approximate surface area is 122 Å². The van der Waals surface area contributed by atoms with Crippen molar-refractivity contribution in [3.63, 3.8) is 0 Å². The van der Waals surface area contributed by atoms with Crippen LogP contribution in [0.2, 0.25) is 0 Å². The number of aromatic amines is 1. The molecule has 0 radical (unpaired) electrons. The number of phenolic OH excluding ortho intramolecular Hbond substituents is 1. The minimum absolute atomic E-state index is 0.0199. The molecule has 0 aliphatic rings. The lowest BCUT2D eigenvalue weighted by atomic mass is 10.0. The van der Waals surface area contributed by atoms with E-state index in [1.54, 1.807) is 12.1 Å². The summed E-state index contributed by atoms with van der Waals surface area (Å²) in [5.74, 6) is -1.03. The molecular weight excluding hydrogens is 324 g/mol. The normalized spacial score (nSPS) is 10.8. The maximum absolute atomic E-state index is 10.9. The first-order valence-electron chi connectivity index (χ1n) is 5.76. The van der Waals surface area contributed by atoms with E-state index in [9.17, 15) is 9.90 Å². The molecule has 3 aromatic rings. The molecule has 3 N–H and O–H groups in total. The largest absolute Gasteiger partial charge is 0.507 e. The summed E-state index contributed by atoms with van der Waals surface area (Å²) in [6, 6.07) is 10.4. The first-order chi connectivity index (χ1) is 9.56. The molecule has 0 aliphatic carbocycles. The molecule has 0 unspecified atom stereocenters. The van der Waals surface area contributed by atoms with Gasteiger partial charge < -0.3 is 10.2 Å². The van der Waals surface area contributed by atoms with Gasteiger partial charge in [-0.1, -0.05) is 28.1 Å². The Morgan fingerprint density at radius 2 is 2.00 bits per heavy atom. The number of aromatic nitrogens is 2. The number of fused-ring (bicyclic) bond motifs is 1. The fraction of sp³-hybridized carbons (Fsp3) is 0. The van der Waals surface area contributed by atoms with E-state index in [1.807, 2.05) is 18.2 Å². The van der Waals surface area contributed by atoms with Crippen LogP contribution in [0.15, 0.2) is 40.9 Å². The third-order valence-corrected chi connectivity index (χ3v) is 3.52. The number of halogens is 1. The van der Waals surface area contributed by atoms with Crippen LogP contribution in [0.5, 0.6) is 5.75 Å². The van der Waals surface area contributed by atoms with E-state index in [-0.39, 0.29) is 11.4 Å². The highest BCUT2D eigenvalue weighted by Crippen LogP contribution is 2.36. The third kappa shape index (κ3) is 2.04. The summed E-state index contributed by atoms with van der Waals surface area (Å²) in [4.78, 5) is 10.9. The molecule has 6 heteroatoms. The molecule has 0 fully saturated rings. The van der Waals surface area contributed by atoms with E-state index in [0.29, 0.717) is 11.3 Å². The molecule has 0 aliphatic heterocycles. The van der Waals surface area contributed by atoms with Gasteiger partial charge in [-0.25, -0.2) is 4.79 Å². The Morgan fingerprint density at radius 3 is 2.70 bits per heavy atom. The Kier molecular flexibility index (Phi) is 2.94. The number of aromatic carboxylic acids is 1. The van der Waals surface area contributed by atoms with Crippen molar-refractivity contribution in [3.8, 4) is 17.0 Å². The van der Waals surface area contributed by atoms with Crippen molar-refractivity contribution in [2.75, 3.05) is 0 Å². The van der Waals surface area contributed by atoms with Crippen LogP contribution >= 0.6 is 15.9 Å². The molecule has 100 valence electrons. The summed E-state index contributed by atoms with van der Waals surface area (Å²) in [6.45, 7) is 0. The molecule has 3 rings (SSSR count). The van der Waals surface area contributed by atoms with Crippen LogP contribution in [0.4, 0.5) is 0 Å². The highest BCUT2D eigenvalue weighted by molar-refractivity contribution is 9.10. The predicted molar refractivity (Wildman–Crippen MR) is 77.9 cm³/mol. The zero-order valence-corrected chi connectivity index (χ0v) is 11.7. The SMILES string of the molecule is O=C(O)c1cc(-c2c(O)ccc3cc(Br)ccc23)n[nH]1. The van der Waals surface area contributed by atoms with E-state index < -0.39 is 5.97 Å². The van der Waals surface area contributed by atoms with Gasteiger partial charge in [0.25, 0.3) is 0 Å². The second-order valence-electron chi connectivity index (χ2n) is 4.30. The molecule has 5 nitrogen and oxygen atoms in total. The molecule has 0 amide bonds. The third-order valence-electron chi connectivity index (χ3n) is 3.02. The number of nitrogens with zero attached hydrogens (tertiary/aromatic N) is 1. The van der Waals surface area contributed by atoms with Gasteiger partial charge in [0.2, 0.25) is 0 Å². The van der Waals surface area contributed by atoms with E-state index in [4.69, 9.17) is 5.11 Å². The molecule has 1 heterocycles. The maximum Gasteiger partial charge on any atom is 0.353 e. The number of H-pyrrole nitrogens is 1. The van der Waals surface area contributed by atoms with Gasteiger partial charge in [0, 0.05) is 4.47 Å². The van der Waals surface area contributed by atoms with Gasteiger partial charge in [-0.15, -0.1) is 0 Å². The summed E-state index contributed by atoms with van der Waals surface area (Å²) < 4.78 is 0.926. The van der Waals surface area contributed by atoms with Gasteiger partial charge in [-0.05, 0) is 35.0 Å². The number of carboxylic acids is 1. The average molecular weight is 333 g/mol. The summed E-state index contributed by atoms with van der Waals surface area (Å²) in [5.41, 5.74) is 0.889. The van der Waals surface area contributed by atoms with Gasteiger partial charge >= 0.3 is 5.97 Å². The van der Waals surface area contributed by atoms with Crippen molar-refractivity contribution >= 4 is 32.7 Å². The van der Waals surface area contributed by atoms with Crippen LogP contribution in [0, 0.1) is 0 Å². The van der Waals surface area contributed by atoms with E-state index in [0.717, 1.165) is 15.2 Å². The minimum atomic E-state index is -1.09. The molecule has 2 aromatic carbocycles. The van der Waals surface area contributed by atoms with Crippen molar-refractivity contribution in [2.24, 2.45) is 0 Å². The van der Waals surface area contributed by atoms with Crippen molar-refractivity contribution in [2.45, 2.75) is 0 Å². The summed E-state index contributed by atoms with van der Waals surface area (Å²) >= 11 is 3.39. The van der Waals surface area contributed by atoms with Gasteiger partial charge in [-0.3, -0.25) is 5.10 Å². The lowest BCUT2D eigenvalue weighted by Gasteiger charge is -2.07. The van der Waals surface area contributed by atoms with Crippen LogP contribution < -0.4 is 0 Å². The van der Waals surface area contributed by atoms with E-state index in [1.165, 1.54) is 6.07 Å². The lowest BCUT2D eigenvalue weighted by molar-refractivity contribution is 0.0690. The van der Waals surface area contributed by atoms with Crippen LogP contribution in [-0.2, 0) is 0 Å². The van der Waals surface area contributed by atoms with Crippen molar-refractivity contribution in [1.29, 1.82) is 0 Å². The Bertz CT molecular complexity index is 826. The maximum atomic E-state index is 10.9. The molecule has 0 saturated carbocycles. The van der Waals surface area contributed by atoms with Gasteiger partial charge in [0.1, 0.15) is 11.4 Å². The fourth-order valence-corrected chi connectivity index (χ4v) is 2.50. The Morgan fingerprint density at radius 1 is 1.20 bits per heavy atom. The van der Waals surface area contributed by atoms with E-state index in [2.05, 4.69) is 26.1 Å². The molecule has 1 aromatic heterocycles. The first-order valence-corrected chi connectivity index (χ1v) is 6.56. The smallest absolute Gasteiger partial charge is 0.353 e. The van der Waals surface area contributed by atoms with Crippen LogP contribution in [0.3, 0.4) is 0 Å². The van der Waals surface area contributed by atoms with Crippen LogP contribution in [0.1, 0.15) is 10.5 Å². The highest BCUT2D eigenvalue weighted by atomic mass is 79.9. The molecule has 0 saturated heterocycles. The highest BCUT2D eigenvalue weighted by Gasteiger charge is 2.15. The number of rotatable bonds is 2. The molecule has 0 bridgehead atoms. The standard InChI is InChI=1S/C14H9BrN2O3/c15-8-2-3-9-7(5-8)1-4-12(18)13(9)10-6-11(14(19)20)17-16-10/h1-6,18H,(H,16,17)(H,19,20). The van der Waals surface area contributed by atoms with Crippen molar-refractivity contribution in [1.82, 2.24) is 10.2 Å². The zero-order chi connectivity index (χ0) is 14.3. The lowest BCUT2D eigenvalue weighted by Crippen LogP contribution is -1.95. The molecule has 20 heavy (non-hydrogen) atoms. The number of hydrogen-bond donors (Lipinski definition) is 3. The number of hydrogen-bond acceptors (Lipinski definition) is 3. The number of carbonyl (C=O) groups is 1. The molecule has 0 atom stereocenters. The minimum Gasteiger partial charge on any atom is -0.507 e. The number of carboxylic acid groups (broad SMARTS) is 1. The second-order valence-corrected chi connectivity index (χ2v) is 5.21. The summed E-state index contributed by atoms with van der Waals surface area (Å²) in [6.07, 6.45) is 0. The Hall–Kier alpha value is -2.34. The van der Waals surface area contributed by atoms with Crippen LogP contribution in [-0.4, -0.2) is 26.4 Å². The molecule has 0 spiro atoms. The number of nitrogens with one attached hydrogen (secondary N) is 1. The molecular formula is C14H9BrN2O3. The quantitative estimate of drug-likeness (QED) is 0.671. The van der Waals surface area contributed by atoms with Gasteiger partial charge in [-0.2, -0.15) is 5.10 Å². The summed E-state index contributed by atoms with van der Waals surface area (Å²) in [5, 5.41) is 27.1. The first kappa shape index (κ1) is 12.7. The number of aromatic hydroxyl groups is 1.